The molecule has 3 atom stereocenters. The first-order valence-electron chi connectivity index (χ1n) is 8.57. The van der Waals surface area contributed by atoms with Crippen molar-refractivity contribution in [2.24, 2.45) is 11.8 Å². The normalized spacial score (nSPS) is 33.6. The Morgan fingerprint density at radius 3 is 2.55 bits per heavy atom. The van der Waals surface area contributed by atoms with Gasteiger partial charge < -0.3 is 10.1 Å². The predicted octanol–water partition coefficient (Wildman–Crippen LogP) is 2.90. The molecule has 0 aromatic heterocycles. The van der Waals surface area contributed by atoms with E-state index in [1.807, 2.05) is 0 Å². The van der Waals surface area contributed by atoms with Crippen molar-refractivity contribution in [3.8, 4) is 0 Å². The van der Waals surface area contributed by atoms with Crippen molar-refractivity contribution in [3.05, 3.63) is 0 Å². The Morgan fingerprint density at radius 2 is 2.00 bits per heavy atom. The molecular formula is C17H34N2O. The van der Waals surface area contributed by atoms with Gasteiger partial charge in [0.25, 0.3) is 0 Å². The molecule has 1 heterocycles. The SMILES string of the molecule is CCC(C)C1CN(CCOC(C)C)C(C)(C2CC2)CN1. The molecule has 2 aliphatic rings. The second kappa shape index (κ2) is 6.76. The summed E-state index contributed by atoms with van der Waals surface area (Å²) < 4.78 is 5.80. The molecule has 1 saturated heterocycles. The number of hydrogen-bond donors (Lipinski definition) is 1. The van der Waals surface area contributed by atoms with Crippen LogP contribution in [0, 0.1) is 11.8 Å². The van der Waals surface area contributed by atoms with E-state index in [9.17, 15) is 0 Å². The zero-order chi connectivity index (χ0) is 14.8. The van der Waals surface area contributed by atoms with Gasteiger partial charge in [-0.15, -0.1) is 0 Å². The molecule has 0 amide bonds. The lowest BCUT2D eigenvalue weighted by atomic mass is 9.86. The van der Waals surface area contributed by atoms with E-state index in [-0.39, 0.29) is 0 Å². The Bertz CT molecular complexity index is 303. The molecule has 0 aromatic rings. The maximum absolute atomic E-state index is 5.80. The summed E-state index contributed by atoms with van der Waals surface area (Å²) in [5.41, 5.74) is 0.351. The fourth-order valence-corrected chi connectivity index (χ4v) is 3.48. The van der Waals surface area contributed by atoms with Crippen molar-refractivity contribution in [1.82, 2.24) is 10.2 Å². The fraction of sp³-hybridized carbons (Fsp3) is 1.00. The highest BCUT2D eigenvalue weighted by Gasteiger charge is 2.48. The van der Waals surface area contributed by atoms with Crippen molar-refractivity contribution >= 4 is 0 Å². The maximum Gasteiger partial charge on any atom is 0.0597 e. The highest BCUT2D eigenvalue weighted by molar-refractivity contribution is 5.05. The topological polar surface area (TPSA) is 24.5 Å². The maximum atomic E-state index is 5.80. The third-order valence-corrected chi connectivity index (χ3v) is 5.46. The molecule has 2 rings (SSSR count). The van der Waals surface area contributed by atoms with Gasteiger partial charge in [-0.1, -0.05) is 20.3 Å². The van der Waals surface area contributed by atoms with E-state index >= 15 is 0 Å². The summed E-state index contributed by atoms with van der Waals surface area (Å²) >= 11 is 0. The third-order valence-electron chi connectivity index (χ3n) is 5.46. The van der Waals surface area contributed by atoms with Crippen LogP contribution in [0.1, 0.15) is 53.9 Å². The van der Waals surface area contributed by atoms with Gasteiger partial charge >= 0.3 is 0 Å². The van der Waals surface area contributed by atoms with Crippen LogP contribution in [0.5, 0.6) is 0 Å². The van der Waals surface area contributed by atoms with Gasteiger partial charge in [-0.25, -0.2) is 0 Å². The molecule has 0 aromatic carbocycles. The van der Waals surface area contributed by atoms with Crippen molar-refractivity contribution < 1.29 is 4.74 Å². The van der Waals surface area contributed by atoms with E-state index in [2.05, 4.69) is 44.8 Å². The Labute approximate surface area is 125 Å². The number of rotatable bonds is 7. The van der Waals surface area contributed by atoms with E-state index in [1.54, 1.807) is 0 Å². The van der Waals surface area contributed by atoms with Crippen LogP contribution in [0.4, 0.5) is 0 Å². The van der Waals surface area contributed by atoms with Crippen LogP contribution in [0.3, 0.4) is 0 Å². The number of piperazine rings is 1. The molecule has 3 nitrogen and oxygen atoms in total. The van der Waals surface area contributed by atoms with Crippen molar-refractivity contribution in [2.75, 3.05) is 26.2 Å². The molecule has 0 radical (unpaired) electrons. The molecule has 3 unspecified atom stereocenters. The number of ether oxygens (including phenoxy) is 1. The Hall–Kier alpha value is -0.120. The van der Waals surface area contributed by atoms with E-state index in [0.29, 0.717) is 17.7 Å². The zero-order valence-corrected chi connectivity index (χ0v) is 14.1. The third kappa shape index (κ3) is 3.75. The average molecular weight is 282 g/mol. The highest BCUT2D eigenvalue weighted by atomic mass is 16.5. The summed E-state index contributed by atoms with van der Waals surface area (Å²) in [6.45, 7) is 15.7. The number of nitrogens with one attached hydrogen (secondary N) is 1. The van der Waals surface area contributed by atoms with Crippen LogP contribution < -0.4 is 5.32 Å². The number of nitrogens with zero attached hydrogens (tertiary/aromatic N) is 1. The van der Waals surface area contributed by atoms with Crippen molar-refractivity contribution in [1.29, 1.82) is 0 Å². The molecule has 3 heteroatoms. The lowest BCUT2D eigenvalue weighted by Gasteiger charge is -2.50. The average Bonchev–Trinajstić information content (AvgIpc) is 3.24. The molecule has 20 heavy (non-hydrogen) atoms. The molecule has 1 aliphatic carbocycles. The van der Waals surface area contributed by atoms with Gasteiger partial charge in [-0.05, 0) is 45.4 Å². The summed E-state index contributed by atoms with van der Waals surface area (Å²) in [7, 11) is 0. The van der Waals surface area contributed by atoms with Gasteiger partial charge in [0, 0.05) is 31.2 Å². The molecular weight excluding hydrogens is 248 g/mol. The van der Waals surface area contributed by atoms with E-state index in [1.165, 1.54) is 25.8 Å². The number of hydrogen-bond acceptors (Lipinski definition) is 3. The minimum Gasteiger partial charge on any atom is -0.377 e. The summed E-state index contributed by atoms with van der Waals surface area (Å²) in [5.74, 6) is 1.65. The van der Waals surface area contributed by atoms with E-state index in [4.69, 9.17) is 4.74 Å². The predicted molar refractivity (Wildman–Crippen MR) is 85.0 cm³/mol. The van der Waals surface area contributed by atoms with Crippen molar-refractivity contribution in [2.45, 2.75) is 71.6 Å². The molecule has 1 N–H and O–H groups in total. The van der Waals surface area contributed by atoms with Crippen LogP contribution in [0.2, 0.25) is 0 Å². The standard InChI is InChI=1S/C17H34N2O/c1-6-14(4)16-11-19(9-10-20-13(2)3)17(5,12-18-16)15-7-8-15/h13-16,18H,6-12H2,1-5H3. The Morgan fingerprint density at radius 1 is 1.30 bits per heavy atom. The van der Waals surface area contributed by atoms with E-state index in [0.717, 1.165) is 31.5 Å². The summed E-state index contributed by atoms with van der Waals surface area (Å²) in [4.78, 5) is 2.72. The van der Waals surface area contributed by atoms with Crippen molar-refractivity contribution in [3.63, 3.8) is 0 Å². The Balaban J connectivity index is 1.95. The first kappa shape index (κ1) is 16.3. The quantitative estimate of drug-likeness (QED) is 0.777. The molecule has 2 fully saturated rings. The minimum absolute atomic E-state index is 0.343. The van der Waals surface area contributed by atoms with Crippen LogP contribution in [0.15, 0.2) is 0 Å². The van der Waals surface area contributed by atoms with Gasteiger partial charge in [0.1, 0.15) is 0 Å². The van der Waals surface area contributed by atoms with Gasteiger partial charge in [-0.2, -0.15) is 0 Å². The molecule has 0 spiro atoms. The molecule has 1 saturated carbocycles. The van der Waals surface area contributed by atoms with Crippen LogP contribution in [-0.2, 0) is 4.74 Å². The van der Waals surface area contributed by atoms with Gasteiger partial charge in [0.15, 0.2) is 0 Å². The highest BCUT2D eigenvalue weighted by Crippen LogP contribution is 2.44. The second-order valence-electron chi connectivity index (χ2n) is 7.37. The first-order chi connectivity index (χ1) is 9.47. The van der Waals surface area contributed by atoms with E-state index < -0.39 is 0 Å². The lowest BCUT2D eigenvalue weighted by molar-refractivity contribution is -0.0120. The first-order valence-corrected chi connectivity index (χ1v) is 8.57. The second-order valence-corrected chi connectivity index (χ2v) is 7.37. The van der Waals surface area contributed by atoms with Crippen LogP contribution in [0.25, 0.3) is 0 Å². The summed E-state index contributed by atoms with van der Waals surface area (Å²) in [6, 6.07) is 0.644. The molecule has 1 aliphatic heterocycles. The van der Waals surface area contributed by atoms with Gasteiger partial charge in [-0.3, -0.25) is 4.90 Å². The zero-order valence-electron chi connectivity index (χ0n) is 14.1. The summed E-state index contributed by atoms with van der Waals surface area (Å²) in [6.07, 6.45) is 4.42. The lowest BCUT2D eigenvalue weighted by Crippen LogP contribution is -2.66. The monoisotopic (exact) mass is 282 g/mol. The van der Waals surface area contributed by atoms with Crippen LogP contribution >= 0.6 is 0 Å². The van der Waals surface area contributed by atoms with Crippen LogP contribution in [-0.4, -0.2) is 48.8 Å². The Kier molecular flexibility index (Phi) is 5.49. The minimum atomic E-state index is 0.343. The fourth-order valence-electron chi connectivity index (χ4n) is 3.48. The molecule has 118 valence electrons. The summed E-state index contributed by atoms with van der Waals surface area (Å²) in [5, 5.41) is 3.83. The van der Waals surface area contributed by atoms with Gasteiger partial charge in [0.05, 0.1) is 12.7 Å². The molecule has 0 bridgehead atoms. The van der Waals surface area contributed by atoms with Gasteiger partial charge in [0.2, 0.25) is 0 Å². The largest absolute Gasteiger partial charge is 0.377 e. The smallest absolute Gasteiger partial charge is 0.0597 e.